The standard InChI is InChI=1S/C15H26N4/c1-5-13-17-14(16)11(3)15(18-13)19(4)12-8-6-10(2)7-9-12/h10,12H,5-9H2,1-4H3,(H2,16,17,18). The van der Waals surface area contributed by atoms with E-state index in [1.807, 2.05) is 6.92 Å². The lowest BCUT2D eigenvalue weighted by molar-refractivity contribution is 0.339. The highest BCUT2D eigenvalue weighted by Crippen LogP contribution is 2.30. The largest absolute Gasteiger partial charge is 0.383 e. The number of nitrogen functional groups attached to an aromatic ring is 1. The Balaban J connectivity index is 2.23. The minimum atomic E-state index is 0.592. The summed E-state index contributed by atoms with van der Waals surface area (Å²) in [5, 5.41) is 0. The molecule has 0 atom stereocenters. The van der Waals surface area contributed by atoms with Crippen molar-refractivity contribution in [2.24, 2.45) is 5.92 Å². The predicted molar refractivity (Wildman–Crippen MR) is 80.4 cm³/mol. The van der Waals surface area contributed by atoms with E-state index in [0.717, 1.165) is 29.5 Å². The van der Waals surface area contributed by atoms with Crippen molar-refractivity contribution in [1.82, 2.24) is 9.97 Å². The Morgan fingerprint density at radius 2 is 1.84 bits per heavy atom. The van der Waals surface area contributed by atoms with Crippen LogP contribution in [0.4, 0.5) is 11.6 Å². The van der Waals surface area contributed by atoms with Gasteiger partial charge in [-0.05, 0) is 38.5 Å². The predicted octanol–water partition coefficient (Wildman–Crippen LogP) is 2.94. The van der Waals surface area contributed by atoms with Gasteiger partial charge in [-0.1, -0.05) is 13.8 Å². The van der Waals surface area contributed by atoms with Crippen LogP contribution in [0.3, 0.4) is 0 Å². The van der Waals surface area contributed by atoms with E-state index in [9.17, 15) is 0 Å². The molecule has 1 heterocycles. The molecule has 0 spiro atoms. The average Bonchev–Trinajstić information content (AvgIpc) is 2.41. The molecule has 0 unspecified atom stereocenters. The van der Waals surface area contributed by atoms with Crippen molar-refractivity contribution >= 4 is 11.6 Å². The Morgan fingerprint density at radius 3 is 2.42 bits per heavy atom. The molecule has 0 aromatic carbocycles. The van der Waals surface area contributed by atoms with Gasteiger partial charge >= 0.3 is 0 Å². The first-order valence-electron chi connectivity index (χ1n) is 7.38. The van der Waals surface area contributed by atoms with Gasteiger partial charge in [-0.25, -0.2) is 9.97 Å². The van der Waals surface area contributed by atoms with Crippen LogP contribution in [0, 0.1) is 12.8 Å². The zero-order valence-corrected chi connectivity index (χ0v) is 12.6. The van der Waals surface area contributed by atoms with Gasteiger partial charge in [0.1, 0.15) is 17.5 Å². The fraction of sp³-hybridized carbons (Fsp3) is 0.733. The Kier molecular flexibility index (Phi) is 4.27. The molecule has 1 aliphatic carbocycles. The fourth-order valence-electron chi connectivity index (χ4n) is 2.87. The van der Waals surface area contributed by atoms with Crippen LogP contribution < -0.4 is 10.6 Å². The molecule has 106 valence electrons. The van der Waals surface area contributed by atoms with E-state index in [2.05, 4.69) is 35.8 Å². The molecular formula is C15H26N4. The minimum absolute atomic E-state index is 0.592. The number of hydrogen-bond donors (Lipinski definition) is 1. The summed E-state index contributed by atoms with van der Waals surface area (Å²) in [5.74, 6) is 3.35. The zero-order valence-electron chi connectivity index (χ0n) is 12.6. The van der Waals surface area contributed by atoms with Crippen LogP contribution in [0.2, 0.25) is 0 Å². The van der Waals surface area contributed by atoms with Crippen molar-refractivity contribution in [1.29, 1.82) is 0 Å². The van der Waals surface area contributed by atoms with E-state index in [4.69, 9.17) is 5.73 Å². The summed E-state index contributed by atoms with van der Waals surface area (Å²) >= 11 is 0. The van der Waals surface area contributed by atoms with Crippen molar-refractivity contribution < 1.29 is 0 Å². The Labute approximate surface area is 116 Å². The third-order valence-electron chi connectivity index (χ3n) is 4.39. The van der Waals surface area contributed by atoms with Gasteiger partial charge in [0.05, 0.1) is 0 Å². The number of aromatic nitrogens is 2. The number of rotatable bonds is 3. The van der Waals surface area contributed by atoms with Crippen LogP contribution in [0.5, 0.6) is 0 Å². The molecule has 1 aromatic rings. The van der Waals surface area contributed by atoms with Crippen molar-refractivity contribution in [2.45, 2.75) is 58.9 Å². The van der Waals surface area contributed by atoms with Crippen molar-refractivity contribution in [2.75, 3.05) is 17.7 Å². The number of aryl methyl sites for hydroxylation is 1. The number of hydrogen-bond acceptors (Lipinski definition) is 4. The quantitative estimate of drug-likeness (QED) is 0.910. The van der Waals surface area contributed by atoms with Crippen LogP contribution in [-0.4, -0.2) is 23.1 Å². The normalized spacial score (nSPS) is 23.4. The smallest absolute Gasteiger partial charge is 0.137 e. The maximum absolute atomic E-state index is 6.01. The van der Waals surface area contributed by atoms with Crippen molar-refractivity contribution in [3.05, 3.63) is 11.4 Å². The lowest BCUT2D eigenvalue weighted by Crippen LogP contribution is -2.36. The second kappa shape index (κ2) is 5.76. The first kappa shape index (κ1) is 14.1. The number of anilines is 2. The second-order valence-corrected chi connectivity index (χ2v) is 5.85. The molecule has 0 aliphatic heterocycles. The molecule has 4 nitrogen and oxygen atoms in total. The number of nitrogens with two attached hydrogens (primary N) is 1. The molecule has 0 bridgehead atoms. The Morgan fingerprint density at radius 1 is 1.21 bits per heavy atom. The molecule has 19 heavy (non-hydrogen) atoms. The van der Waals surface area contributed by atoms with Gasteiger partial charge in [0.25, 0.3) is 0 Å². The molecule has 2 N–H and O–H groups in total. The topological polar surface area (TPSA) is 55.0 Å². The van der Waals surface area contributed by atoms with E-state index in [-0.39, 0.29) is 0 Å². The maximum atomic E-state index is 6.01. The van der Waals surface area contributed by atoms with Gasteiger partial charge in [-0.2, -0.15) is 0 Å². The molecule has 1 aliphatic rings. The summed E-state index contributed by atoms with van der Waals surface area (Å²) in [6.07, 6.45) is 5.96. The molecule has 0 amide bonds. The lowest BCUT2D eigenvalue weighted by Gasteiger charge is -2.35. The highest BCUT2D eigenvalue weighted by atomic mass is 15.2. The first-order valence-corrected chi connectivity index (χ1v) is 7.38. The second-order valence-electron chi connectivity index (χ2n) is 5.85. The first-order chi connectivity index (χ1) is 9.02. The van der Waals surface area contributed by atoms with E-state index in [1.165, 1.54) is 25.7 Å². The zero-order chi connectivity index (χ0) is 14.0. The summed E-state index contributed by atoms with van der Waals surface area (Å²) in [5.41, 5.74) is 7.02. The van der Waals surface area contributed by atoms with E-state index < -0.39 is 0 Å². The van der Waals surface area contributed by atoms with E-state index in [0.29, 0.717) is 11.9 Å². The molecule has 2 rings (SSSR count). The molecular weight excluding hydrogens is 236 g/mol. The number of nitrogens with zero attached hydrogens (tertiary/aromatic N) is 3. The minimum Gasteiger partial charge on any atom is -0.383 e. The van der Waals surface area contributed by atoms with Crippen LogP contribution in [0.1, 0.15) is 50.9 Å². The van der Waals surface area contributed by atoms with Crippen LogP contribution in [0.25, 0.3) is 0 Å². The summed E-state index contributed by atoms with van der Waals surface area (Å²) in [6.45, 7) is 6.43. The summed E-state index contributed by atoms with van der Waals surface area (Å²) in [7, 11) is 2.15. The third kappa shape index (κ3) is 2.99. The highest BCUT2D eigenvalue weighted by Gasteiger charge is 2.24. The van der Waals surface area contributed by atoms with Gasteiger partial charge in [-0.3, -0.25) is 0 Å². The monoisotopic (exact) mass is 262 g/mol. The van der Waals surface area contributed by atoms with E-state index in [1.54, 1.807) is 0 Å². The van der Waals surface area contributed by atoms with Crippen LogP contribution >= 0.6 is 0 Å². The van der Waals surface area contributed by atoms with Gasteiger partial charge in [-0.15, -0.1) is 0 Å². The van der Waals surface area contributed by atoms with Gasteiger partial charge in [0, 0.05) is 25.1 Å². The van der Waals surface area contributed by atoms with E-state index >= 15 is 0 Å². The summed E-state index contributed by atoms with van der Waals surface area (Å²) in [4.78, 5) is 11.3. The summed E-state index contributed by atoms with van der Waals surface area (Å²) < 4.78 is 0. The molecule has 0 saturated heterocycles. The Hall–Kier alpha value is -1.32. The lowest BCUT2D eigenvalue weighted by atomic mass is 9.86. The third-order valence-corrected chi connectivity index (χ3v) is 4.39. The fourth-order valence-corrected chi connectivity index (χ4v) is 2.87. The molecule has 4 heteroatoms. The van der Waals surface area contributed by atoms with Crippen molar-refractivity contribution in [3.63, 3.8) is 0 Å². The van der Waals surface area contributed by atoms with Gasteiger partial charge in [0.2, 0.25) is 0 Å². The molecule has 1 fully saturated rings. The van der Waals surface area contributed by atoms with Gasteiger partial charge < -0.3 is 10.6 Å². The van der Waals surface area contributed by atoms with Crippen molar-refractivity contribution in [3.8, 4) is 0 Å². The average molecular weight is 262 g/mol. The highest BCUT2D eigenvalue weighted by molar-refractivity contribution is 5.56. The Bertz CT molecular complexity index is 436. The molecule has 0 radical (unpaired) electrons. The van der Waals surface area contributed by atoms with Crippen LogP contribution in [-0.2, 0) is 6.42 Å². The summed E-state index contributed by atoms with van der Waals surface area (Å²) in [6, 6.07) is 0.592. The maximum Gasteiger partial charge on any atom is 0.137 e. The SMILES string of the molecule is CCc1nc(N)c(C)c(N(C)C2CCC(C)CC2)n1. The van der Waals surface area contributed by atoms with Gasteiger partial charge in [0.15, 0.2) is 0 Å². The molecule has 1 saturated carbocycles. The molecule has 1 aromatic heterocycles. The van der Waals surface area contributed by atoms with Crippen LogP contribution in [0.15, 0.2) is 0 Å².